The second-order valence-corrected chi connectivity index (χ2v) is 10.1. The van der Waals surface area contributed by atoms with Gasteiger partial charge in [0.2, 0.25) is 0 Å². The van der Waals surface area contributed by atoms with E-state index in [0.29, 0.717) is 34.8 Å². The second kappa shape index (κ2) is 8.58. The zero-order chi connectivity index (χ0) is 21.1. The van der Waals surface area contributed by atoms with Crippen LogP contribution in [0.3, 0.4) is 0 Å². The van der Waals surface area contributed by atoms with Gasteiger partial charge in [-0.15, -0.1) is 11.3 Å². The molecule has 0 unspecified atom stereocenters. The van der Waals surface area contributed by atoms with Crippen LogP contribution in [0.1, 0.15) is 10.7 Å². The topological polar surface area (TPSA) is 96.5 Å². The molecule has 0 bridgehead atoms. The quantitative estimate of drug-likeness (QED) is 0.599. The van der Waals surface area contributed by atoms with Crippen molar-refractivity contribution in [3.8, 4) is 0 Å². The van der Waals surface area contributed by atoms with Gasteiger partial charge in [-0.1, -0.05) is 0 Å². The van der Waals surface area contributed by atoms with Crippen LogP contribution in [0.2, 0.25) is 0 Å². The van der Waals surface area contributed by atoms with Gasteiger partial charge < -0.3 is 15.0 Å². The predicted octanol–water partition coefficient (Wildman–Crippen LogP) is 3.54. The summed E-state index contributed by atoms with van der Waals surface area (Å²) < 4.78 is 33.3. The molecule has 1 saturated heterocycles. The molecule has 30 heavy (non-hydrogen) atoms. The van der Waals surface area contributed by atoms with Crippen LogP contribution in [0.25, 0.3) is 0 Å². The number of benzene rings is 1. The number of nitrogens with zero attached hydrogens (tertiary/aromatic N) is 3. The molecule has 2 aromatic heterocycles. The number of ether oxygens (including phenoxy) is 1. The number of aryl methyl sites for hydroxylation is 2. The largest absolute Gasteiger partial charge is 0.378 e. The number of thiophene rings is 1. The molecule has 10 heteroatoms. The zero-order valence-electron chi connectivity index (χ0n) is 16.8. The normalized spacial score (nSPS) is 14.5. The van der Waals surface area contributed by atoms with Crippen LogP contribution in [-0.4, -0.2) is 44.7 Å². The molecule has 0 atom stereocenters. The molecular weight excluding hydrogens is 422 g/mol. The fraction of sp³-hybridized carbons (Fsp3) is 0.300. The molecule has 1 aliphatic rings. The summed E-state index contributed by atoms with van der Waals surface area (Å²) in [6, 6.07) is 12.4. The Morgan fingerprint density at radius 2 is 1.70 bits per heavy atom. The van der Waals surface area contributed by atoms with Crippen molar-refractivity contribution in [3.63, 3.8) is 0 Å². The van der Waals surface area contributed by atoms with Crippen molar-refractivity contribution >= 4 is 44.4 Å². The lowest BCUT2D eigenvalue weighted by molar-refractivity contribution is 0.122. The maximum Gasteiger partial charge on any atom is 0.271 e. The highest BCUT2D eigenvalue weighted by Gasteiger charge is 2.17. The third kappa shape index (κ3) is 4.89. The number of nitrogens with one attached hydrogen (secondary N) is 2. The van der Waals surface area contributed by atoms with Crippen LogP contribution in [-0.2, 0) is 14.8 Å². The van der Waals surface area contributed by atoms with Gasteiger partial charge in [0.25, 0.3) is 10.0 Å². The minimum atomic E-state index is -3.58. The lowest BCUT2D eigenvalue weighted by atomic mass is 10.3. The molecule has 0 aliphatic carbocycles. The summed E-state index contributed by atoms with van der Waals surface area (Å²) in [5.41, 5.74) is 1.30. The van der Waals surface area contributed by atoms with Crippen molar-refractivity contribution in [2.75, 3.05) is 41.2 Å². The van der Waals surface area contributed by atoms with Crippen molar-refractivity contribution in [1.29, 1.82) is 0 Å². The van der Waals surface area contributed by atoms with Crippen molar-refractivity contribution < 1.29 is 13.2 Å². The Hall–Kier alpha value is -2.69. The van der Waals surface area contributed by atoms with Crippen molar-refractivity contribution in [1.82, 2.24) is 9.97 Å². The number of rotatable bonds is 6. The monoisotopic (exact) mass is 445 g/mol. The molecule has 158 valence electrons. The van der Waals surface area contributed by atoms with Crippen LogP contribution in [0, 0.1) is 13.8 Å². The molecule has 3 aromatic rings. The van der Waals surface area contributed by atoms with Crippen molar-refractivity contribution in [2.24, 2.45) is 0 Å². The number of aromatic nitrogens is 2. The van der Waals surface area contributed by atoms with E-state index in [2.05, 4.69) is 24.9 Å². The van der Waals surface area contributed by atoms with Crippen molar-refractivity contribution in [2.45, 2.75) is 18.1 Å². The molecule has 1 aromatic carbocycles. The lowest BCUT2D eigenvalue weighted by Crippen LogP contribution is -2.36. The lowest BCUT2D eigenvalue weighted by Gasteiger charge is -2.28. The summed E-state index contributed by atoms with van der Waals surface area (Å²) in [4.78, 5) is 12.1. The number of hydrogen-bond acceptors (Lipinski definition) is 8. The van der Waals surface area contributed by atoms with Gasteiger partial charge in [-0.3, -0.25) is 4.72 Å². The summed E-state index contributed by atoms with van der Waals surface area (Å²) in [7, 11) is -3.58. The van der Waals surface area contributed by atoms with Crippen LogP contribution in [0.15, 0.2) is 46.7 Å². The van der Waals surface area contributed by atoms with E-state index in [1.807, 2.05) is 32.0 Å². The Bertz CT molecular complexity index is 1120. The van der Waals surface area contributed by atoms with E-state index in [9.17, 15) is 8.42 Å². The molecule has 3 heterocycles. The summed E-state index contributed by atoms with van der Waals surface area (Å²) in [5.74, 6) is 2.23. The molecule has 0 saturated carbocycles. The Morgan fingerprint density at radius 3 is 2.37 bits per heavy atom. The van der Waals surface area contributed by atoms with E-state index in [-0.39, 0.29) is 0 Å². The van der Waals surface area contributed by atoms with Gasteiger partial charge >= 0.3 is 0 Å². The van der Waals surface area contributed by atoms with E-state index in [4.69, 9.17) is 4.74 Å². The van der Waals surface area contributed by atoms with E-state index in [1.54, 1.807) is 24.3 Å². The van der Waals surface area contributed by atoms with Gasteiger partial charge in [-0.2, -0.15) is 0 Å². The first-order valence-corrected chi connectivity index (χ1v) is 11.8. The average Bonchev–Trinajstić information content (AvgIpc) is 3.17. The number of sulfonamides is 1. The number of morpholine rings is 1. The highest BCUT2D eigenvalue weighted by Crippen LogP contribution is 2.25. The Labute approximate surface area is 180 Å². The SMILES string of the molecule is Cc1nc(Nc2ccc(NS(=O)(=O)c3ccc(C)s3)cc2)cc(N2CCOCC2)n1. The smallest absolute Gasteiger partial charge is 0.271 e. The summed E-state index contributed by atoms with van der Waals surface area (Å²) in [5, 5.41) is 3.27. The van der Waals surface area contributed by atoms with E-state index in [0.717, 1.165) is 29.5 Å². The molecule has 1 aliphatic heterocycles. The number of hydrogen-bond donors (Lipinski definition) is 2. The first-order chi connectivity index (χ1) is 14.4. The summed E-state index contributed by atoms with van der Waals surface area (Å²) >= 11 is 1.24. The van der Waals surface area contributed by atoms with Crippen LogP contribution >= 0.6 is 11.3 Å². The molecule has 4 rings (SSSR count). The first kappa shape index (κ1) is 20.6. The Balaban J connectivity index is 1.46. The Morgan fingerprint density at radius 1 is 1.00 bits per heavy atom. The highest BCUT2D eigenvalue weighted by atomic mass is 32.2. The van der Waals surface area contributed by atoms with Gasteiger partial charge in [0.05, 0.1) is 13.2 Å². The van der Waals surface area contributed by atoms with Gasteiger partial charge in [-0.25, -0.2) is 18.4 Å². The molecule has 2 N–H and O–H groups in total. The van der Waals surface area contributed by atoms with Gasteiger partial charge in [-0.05, 0) is 50.2 Å². The molecule has 0 radical (unpaired) electrons. The van der Waals surface area contributed by atoms with Gasteiger partial charge in [0.1, 0.15) is 21.7 Å². The van der Waals surface area contributed by atoms with E-state index in [1.165, 1.54) is 11.3 Å². The minimum absolute atomic E-state index is 0.300. The van der Waals surface area contributed by atoms with Gasteiger partial charge in [0, 0.05) is 35.4 Å². The minimum Gasteiger partial charge on any atom is -0.378 e. The molecular formula is C20H23N5O3S2. The molecule has 0 amide bonds. The molecule has 8 nitrogen and oxygen atoms in total. The number of anilines is 4. The first-order valence-electron chi connectivity index (χ1n) is 9.54. The average molecular weight is 446 g/mol. The fourth-order valence-electron chi connectivity index (χ4n) is 3.10. The van der Waals surface area contributed by atoms with Crippen LogP contribution in [0.4, 0.5) is 23.0 Å². The second-order valence-electron chi connectivity index (χ2n) is 6.93. The van der Waals surface area contributed by atoms with E-state index >= 15 is 0 Å². The molecule has 1 fully saturated rings. The fourth-order valence-corrected chi connectivity index (χ4v) is 5.44. The zero-order valence-corrected chi connectivity index (χ0v) is 18.4. The van der Waals surface area contributed by atoms with Crippen molar-refractivity contribution in [3.05, 3.63) is 53.2 Å². The third-order valence-electron chi connectivity index (χ3n) is 4.55. The molecule has 0 spiro atoms. The summed E-state index contributed by atoms with van der Waals surface area (Å²) in [6.45, 7) is 6.72. The van der Waals surface area contributed by atoms with Crippen LogP contribution in [0.5, 0.6) is 0 Å². The van der Waals surface area contributed by atoms with Crippen LogP contribution < -0.4 is 14.9 Å². The standard InChI is InChI=1S/C20H23N5O3S2/c1-14-3-8-20(29-14)30(26,27)24-17-6-4-16(5-7-17)23-18-13-19(22-15(2)21-18)25-9-11-28-12-10-25/h3-8,13,24H,9-12H2,1-2H3,(H,21,22,23). The third-order valence-corrected chi connectivity index (χ3v) is 7.42. The highest BCUT2D eigenvalue weighted by molar-refractivity contribution is 7.94. The van der Waals surface area contributed by atoms with Gasteiger partial charge in [0.15, 0.2) is 0 Å². The maximum absolute atomic E-state index is 12.5. The van der Waals surface area contributed by atoms with E-state index < -0.39 is 10.0 Å². The Kier molecular flexibility index (Phi) is 5.89. The predicted molar refractivity (Wildman–Crippen MR) is 119 cm³/mol. The maximum atomic E-state index is 12.5. The summed E-state index contributed by atoms with van der Waals surface area (Å²) in [6.07, 6.45) is 0.